The van der Waals surface area contributed by atoms with Crippen LogP contribution in [0.15, 0.2) is 18.2 Å². The molecule has 0 aliphatic heterocycles. The van der Waals surface area contributed by atoms with Gasteiger partial charge in [-0.25, -0.2) is 0 Å². The maximum absolute atomic E-state index is 12.1. The highest BCUT2D eigenvalue weighted by molar-refractivity contribution is 9.09. The summed E-state index contributed by atoms with van der Waals surface area (Å²) in [6.45, 7) is 0.782. The van der Waals surface area contributed by atoms with Crippen molar-refractivity contribution < 1.29 is 14.3 Å². The molecule has 1 aliphatic rings. The van der Waals surface area contributed by atoms with Crippen molar-refractivity contribution in [3.63, 3.8) is 0 Å². The number of methoxy groups -OCH3 is 2. The van der Waals surface area contributed by atoms with Gasteiger partial charge in [0.05, 0.1) is 20.6 Å². The SMILES string of the molecule is COc1ccc(CC(=O)NCC2(CCBr)CC2)cc1OC. The fourth-order valence-corrected chi connectivity index (χ4v) is 3.26. The van der Waals surface area contributed by atoms with Crippen molar-refractivity contribution in [1.82, 2.24) is 5.32 Å². The molecule has 0 bridgehead atoms. The van der Waals surface area contributed by atoms with Gasteiger partial charge in [-0.2, -0.15) is 0 Å². The molecule has 0 unspecified atom stereocenters. The zero-order valence-electron chi connectivity index (χ0n) is 12.6. The van der Waals surface area contributed by atoms with Crippen LogP contribution in [0.1, 0.15) is 24.8 Å². The summed E-state index contributed by atoms with van der Waals surface area (Å²) in [7, 11) is 3.20. The minimum absolute atomic E-state index is 0.0584. The van der Waals surface area contributed by atoms with E-state index < -0.39 is 0 Å². The predicted octanol–water partition coefficient (Wildman–Crippen LogP) is 2.93. The van der Waals surface area contributed by atoms with Crippen LogP contribution in [0, 0.1) is 5.41 Å². The Morgan fingerprint density at radius 3 is 2.57 bits per heavy atom. The topological polar surface area (TPSA) is 47.6 Å². The number of hydrogen-bond donors (Lipinski definition) is 1. The second-order valence-electron chi connectivity index (χ2n) is 5.58. The summed E-state index contributed by atoms with van der Waals surface area (Å²) in [6.07, 6.45) is 3.93. The van der Waals surface area contributed by atoms with Crippen molar-refractivity contribution in [3.8, 4) is 11.5 Å². The summed E-state index contributed by atoms with van der Waals surface area (Å²) >= 11 is 3.48. The van der Waals surface area contributed by atoms with E-state index >= 15 is 0 Å². The Balaban J connectivity index is 1.88. The second-order valence-corrected chi connectivity index (χ2v) is 6.37. The summed E-state index contributed by atoms with van der Waals surface area (Å²) in [4.78, 5) is 12.1. The van der Waals surface area contributed by atoms with Crippen molar-refractivity contribution in [2.75, 3.05) is 26.1 Å². The molecular formula is C16H22BrNO3. The van der Waals surface area contributed by atoms with E-state index in [0.29, 0.717) is 23.3 Å². The van der Waals surface area contributed by atoms with Gasteiger partial charge in [-0.3, -0.25) is 4.79 Å². The highest BCUT2D eigenvalue weighted by atomic mass is 79.9. The molecule has 1 saturated carbocycles. The Morgan fingerprint density at radius 2 is 2.00 bits per heavy atom. The normalized spacial score (nSPS) is 15.4. The monoisotopic (exact) mass is 355 g/mol. The number of rotatable bonds is 8. The lowest BCUT2D eigenvalue weighted by Crippen LogP contribution is -2.31. The molecule has 1 N–H and O–H groups in total. The van der Waals surface area contributed by atoms with Crippen LogP contribution in [0.4, 0.5) is 0 Å². The Bertz CT molecular complexity index is 500. The van der Waals surface area contributed by atoms with Gasteiger partial charge >= 0.3 is 0 Å². The van der Waals surface area contributed by atoms with Crippen molar-refractivity contribution in [3.05, 3.63) is 23.8 Å². The summed E-state index contributed by atoms with van der Waals surface area (Å²) in [5, 5.41) is 4.05. The minimum Gasteiger partial charge on any atom is -0.493 e. The Morgan fingerprint density at radius 1 is 1.29 bits per heavy atom. The first kappa shape index (κ1) is 16.1. The average molecular weight is 356 g/mol. The van der Waals surface area contributed by atoms with Gasteiger partial charge in [0.15, 0.2) is 11.5 Å². The fourth-order valence-electron chi connectivity index (χ4n) is 2.42. The lowest BCUT2D eigenvalue weighted by Gasteiger charge is -2.15. The van der Waals surface area contributed by atoms with Gasteiger partial charge in [-0.15, -0.1) is 0 Å². The van der Waals surface area contributed by atoms with E-state index in [1.807, 2.05) is 18.2 Å². The molecule has 1 amide bonds. The maximum Gasteiger partial charge on any atom is 0.224 e. The quantitative estimate of drug-likeness (QED) is 0.729. The van der Waals surface area contributed by atoms with Crippen LogP contribution in [-0.4, -0.2) is 32.0 Å². The van der Waals surface area contributed by atoms with E-state index in [2.05, 4.69) is 21.2 Å². The molecule has 0 radical (unpaired) electrons. The van der Waals surface area contributed by atoms with Crippen molar-refractivity contribution in [2.45, 2.75) is 25.7 Å². The molecule has 1 aromatic rings. The molecule has 1 aliphatic carbocycles. The van der Waals surface area contributed by atoms with Gasteiger partial charge < -0.3 is 14.8 Å². The lowest BCUT2D eigenvalue weighted by atomic mass is 10.0. The summed E-state index contributed by atoms with van der Waals surface area (Å²) in [5.74, 6) is 1.39. The molecule has 4 nitrogen and oxygen atoms in total. The van der Waals surface area contributed by atoms with E-state index in [-0.39, 0.29) is 5.91 Å². The molecule has 116 valence electrons. The third-order valence-electron chi connectivity index (χ3n) is 4.06. The zero-order chi connectivity index (χ0) is 15.3. The lowest BCUT2D eigenvalue weighted by molar-refractivity contribution is -0.120. The molecule has 0 atom stereocenters. The molecule has 0 saturated heterocycles. The van der Waals surface area contributed by atoms with Crippen LogP contribution in [0.5, 0.6) is 11.5 Å². The number of nitrogens with one attached hydrogen (secondary N) is 1. The van der Waals surface area contributed by atoms with E-state index in [1.54, 1.807) is 14.2 Å². The first-order chi connectivity index (χ1) is 10.1. The number of ether oxygens (including phenoxy) is 2. The van der Waals surface area contributed by atoms with Gasteiger partial charge in [0.2, 0.25) is 5.91 Å². The van der Waals surface area contributed by atoms with Crippen molar-refractivity contribution in [1.29, 1.82) is 0 Å². The molecule has 2 rings (SSSR count). The summed E-state index contributed by atoms with van der Waals surface area (Å²) < 4.78 is 10.4. The highest BCUT2D eigenvalue weighted by Gasteiger charge is 2.41. The van der Waals surface area contributed by atoms with Crippen molar-refractivity contribution in [2.24, 2.45) is 5.41 Å². The third kappa shape index (κ3) is 4.37. The van der Waals surface area contributed by atoms with Gasteiger partial charge in [0.1, 0.15) is 0 Å². The minimum atomic E-state index is 0.0584. The largest absolute Gasteiger partial charge is 0.493 e. The van der Waals surface area contributed by atoms with E-state index in [0.717, 1.165) is 23.9 Å². The number of benzene rings is 1. The maximum atomic E-state index is 12.1. The van der Waals surface area contributed by atoms with E-state index in [4.69, 9.17) is 9.47 Å². The number of halogens is 1. The first-order valence-electron chi connectivity index (χ1n) is 7.16. The molecule has 0 aromatic heterocycles. The van der Waals surface area contributed by atoms with E-state index in [9.17, 15) is 4.79 Å². The summed E-state index contributed by atoms with van der Waals surface area (Å²) in [5.41, 5.74) is 1.27. The molecule has 21 heavy (non-hydrogen) atoms. The van der Waals surface area contributed by atoms with Gasteiger partial charge in [-0.1, -0.05) is 22.0 Å². The van der Waals surface area contributed by atoms with Gasteiger partial charge in [-0.05, 0) is 42.4 Å². The number of alkyl halides is 1. The zero-order valence-corrected chi connectivity index (χ0v) is 14.2. The second kappa shape index (κ2) is 7.16. The van der Waals surface area contributed by atoms with Crippen LogP contribution in [0.25, 0.3) is 0 Å². The molecule has 0 spiro atoms. The Labute approximate surface area is 134 Å². The first-order valence-corrected chi connectivity index (χ1v) is 8.28. The van der Waals surface area contributed by atoms with Gasteiger partial charge in [0.25, 0.3) is 0 Å². The van der Waals surface area contributed by atoms with Crippen LogP contribution >= 0.6 is 15.9 Å². The predicted molar refractivity (Wildman–Crippen MR) is 86.3 cm³/mol. The van der Waals surface area contributed by atoms with Crippen LogP contribution < -0.4 is 14.8 Å². The number of hydrogen-bond acceptors (Lipinski definition) is 3. The number of carbonyl (C=O) groups is 1. The average Bonchev–Trinajstić information content (AvgIpc) is 3.25. The van der Waals surface area contributed by atoms with Crippen molar-refractivity contribution >= 4 is 21.8 Å². The Kier molecular flexibility index (Phi) is 5.51. The fraction of sp³-hybridized carbons (Fsp3) is 0.562. The molecule has 1 aromatic carbocycles. The van der Waals surface area contributed by atoms with Crippen LogP contribution in [0.2, 0.25) is 0 Å². The molecule has 0 heterocycles. The van der Waals surface area contributed by atoms with Crippen LogP contribution in [0.3, 0.4) is 0 Å². The molecular weight excluding hydrogens is 334 g/mol. The Hall–Kier alpha value is -1.23. The van der Waals surface area contributed by atoms with Gasteiger partial charge in [0, 0.05) is 11.9 Å². The molecule has 5 heteroatoms. The smallest absolute Gasteiger partial charge is 0.224 e. The standard InChI is InChI=1S/C16H22BrNO3/c1-20-13-4-3-12(9-14(13)21-2)10-15(19)18-11-16(5-6-16)7-8-17/h3-4,9H,5-8,10-11H2,1-2H3,(H,18,19). The number of amides is 1. The summed E-state index contributed by atoms with van der Waals surface area (Å²) in [6, 6.07) is 5.57. The highest BCUT2D eigenvalue weighted by Crippen LogP contribution is 2.48. The molecule has 1 fully saturated rings. The van der Waals surface area contributed by atoms with E-state index in [1.165, 1.54) is 12.8 Å². The third-order valence-corrected chi connectivity index (χ3v) is 4.45. The number of carbonyl (C=O) groups excluding carboxylic acids is 1. The van der Waals surface area contributed by atoms with Crippen LogP contribution in [-0.2, 0) is 11.2 Å².